The van der Waals surface area contributed by atoms with Crippen LogP contribution < -0.4 is 5.73 Å². The molecule has 2 aromatic rings. The van der Waals surface area contributed by atoms with Crippen molar-refractivity contribution < 1.29 is 8.78 Å². The van der Waals surface area contributed by atoms with Crippen LogP contribution in [-0.2, 0) is 0 Å². The molecule has 0 spiro atoms. The molecule has 0 bridgehead atoms. The highest BCUT2D eigenvalue weighted by Gasteiger charge is 2.20. The first-order chi connectivity index (χ1) is 8.93. The van der Waals surface area contributed by atoms with Gasteiger partial charge in [0.2, 0.25) is 0 Å². The van der Waals surface area contributed by atoms with Gasteiger partial charge >= 0.3 is 0 Å². The molecule has 0 heterocycles. The van der Waals surface area contributed by atoms with Gasteiger partial charge in [-0.25, -0.2) is 8.78 Å². The van der Waals surface area contributed by atoms with Gasteiger partial charge in [-0.05, 0) is 39.2 Å². The average molecular weight is 367 g/mol. The minimum Gasteiger partial charge on any atom is -0.320 e. The Morgan fingerprint density at radius 3 is 2.42 bits per heavy atom. The van der Waals surface area contributed by atoms with Crippen LogP contribution in [0.1, 0.15) is 17.2 Å². The molecule has 2 rings (SSSR count). The van der Waals surface area contributed by atoms with E-state index in [1.54, 1.807) is 18.2 Å². The number of rotatable bonds is 2. The van der Waals surface area contributed by atoms with E-state index in [2.05, 4.69) is 15.9 Å². The van der Waals surface area contributed by atoms with Gasteiger partial charge in [0.25, 0.3) is 0 Å². The van der Waals surface area contributed by atoms with Crippen LogP contribution in [0.4, 0.5) is 8.78 Å². The second-order valence-corrected chi connectivity index (χ2v) is 5.46. The van der Waals surface area contributed by atoms with Gasteiger partial charge < -0.3 is 5.73 Å². The van der Waals surface area contributed by atoms with Crippen molar-refractivity contribution >= 4 is 39.1 Å². The topological polar surface area (TPSA) is 26.0 Å². The van der Waals surface area contributed by atoms with Crippen LogP contribution in [0.5, 0.6) is 0 Å². The largest absolute Gasteiger partial charge is 0.320 e. The first-order valence-electron chi connectivity index (χ1n) is 5.26. The van der Waals surface area contributed by atoms with Crippen LogP contribution in [-0.4, -0.2) is 0 Å². The molecule has 19 heavy (non-hydrogen) atoms. The molecule has 0 fully saturated rings. The van der Waals surface area contributed by atoms with E-state index in [1.807, 2.05) is 0 Å². The van der Waals surface area contributed by atoms with Crippen molar-refractivity contribution in [2.24, 2.45) is 5.73 Å². The summed E-state index contributed by atoms with van der Waals surface area (Å²) in [7, 11) is 0. The molecule has 0 saturated carbocycles. The minimum atomic E-state index is -0.980. The Labute approximate surface area is 127 Å². The lowest BCUT2D eigenvalue weighted by Crippen LogP contribution is -2.14. The lowest BCUT2D eigenvalue weighted by molar-refractivity contribution is 0.501. The fourth-order valence-corrected chi connectivity index (χ4v) is 2.70. The summed E-state index contributed by atoms with van der Waals surface area (Å²) in [5, 5.41) is 0.654. The van der Waals surface area contributed by atoms with Gasteiger partial charge in [0.05, 0.1) is 20.6 Å². The monoisotopic (exact) mass is 365 g/mol. The van der Waals surface area contributed by atoms with Gasteiger partial charge in [-0.1, -0.05) is 41.4 Å². The highest BCUT2D eigenvalue weighted by molar-refractivity contribution is 9.10. The average Bonchev–Trinajstić information content (AvgIpc) is 2.39. The zero-order valence-corrected chi connectivity index (χ0v) is 12.5. The lowest BCUT2D eigenvalue weighted by atomic mass is 9.99. The fraction of sp³-hybridized carbons (Fsp3) is 0.0769. The summed E-state index contributed by atoms with van der Waals surface area (Å²) in [5.74, 6) is -1.92. The van der Waals surface area contributed by atoms with Crippen molar-refractivity contribution in [2.75, 3.05) is 0 Å². The summed E-state index contributed by atoms with van der Waals surface area (Å²) in [4.78, 5) is 0. The molecule has 0 aliphatic heterocycles. The predicted molar refractivity (Wildman–Crippen MR) is 76.6 cm³/mol. The molecule has 0 radical (unpaired) electrons. The summed E-state index contributed by atoms with van der Waals surface area (Å²) in [5.41, 5.74) is 6.98. The second-order valence-electron chi connectivity index (χ2n) is 3.89. The Bertz CT molecular complexity index is 634. The minimum absolute atomic E-state index is 0.0176. The number of nitrogens with two attached hydrogens (primary N) is 1. The zero-order chi connectivity index (χ0) is 14.2. The number of hydrogen-bond donors (Lipinski definition) is 1. The molecular weight excluding hydrogens is 359 g/mol. The van der Waals surface area contributed by atoms with Gasteiger partial charge in [0.1, 0.15) is 0 Å². The van der Waals surface area contributed by atoms with Crippen molar-refractivity contribution in [2.45, 2.75) is 6.04 Å². The SMILES string of the molecule is NC(c1cccc(Cl)c1Cl)c1ccc(F)c(F)c1Br. The van der Waals surface area contributed by atoms with Crippen molar-refractivity contribution in [3.8, 4) is 0 Å². The van der Waals surface area contributed by atoms with Crippen LogP contribution in [0, 0.1) is 11.6 Å². The van der Waals surface area contributed by atoms with E-state index in [1.165, 1.54) is 6.07 Å². The summed E-state index contributed by atoms with van der Waals surface area (Å²) in [6, 6.07) is 6.72. The third kappa shape index (κ3) is 2.77. The van der Waals surface area contributed by atoms with Crippen molar-refractivity contribution in [1.82, 2.24) is 0 Å². The van der Waals surface area contributed by atoms with Crippen LogP contribution in [0.15, 0.2) is 34.8 Å². The van der Waals surface area contributed by atoms with E-state index in [0.29, 0.717) is 21.2 Å². The standard InChI is InChI=1S/C13H8BrCl2F2N/c14-10-6(4-5-9(17)12(10)18)13(19)7-2-1-3-8(15)11(7)16/h1-5,13H,19H2. The Morgan fingerprint density at radius 2 is 1.74 bits per heavy atom. The summed E-state index contributed by atoms with van der Waals surface area (Å²) in [6.07, 6.45) is 0. The van der Waals surface area contributed by atoms with Gasteiger partial charge in [-0.3, -0.25) is 0 Å². The quantitative estimate of drug-likeness (QED) is 0.736. The van der Waals surface area contributed by atoms with Crippen molar-refractivity contribution in [3.05, 3.63) is 67.6 Å². The molecule has 100 valence electrons. The molecule has 1 nitrogen and oxygen atoms in total. The summed E-state index contributed by atoms with van der Waals surface area (Å²) in [6.45, 7) is 0. The maximum Gasteiger partial charge on any atom is 0.173 e. The van der Waals surface area contributed by atoms with Crippen molar-refractivity contribution in [1.29, 1.82) is 0 Å². The van der Waals surface area contributed by atoms with E-state index in [4.69, 9.17) is 28.9 Å². The van der Waals surface area contributed by atoms with Gasteiger partial charge in [-0.15, -0.1) is 0 Å². The van der Waals surface area contributed by atoms with E-state index in [-0.39, 0.29) is 4.47 Å². The Morgan fingerprint density at radius 1 is 1.05 bits per heavy atom. The maximum atomic E-state index is 13.5. The molecule has 0 aromatic heterocycles. The molecule has 2 aromatic carbocycles. The number of halogens is 5. The van der Waals surface area contributed by atoms with E-state index in [0.717, 1.165) is 6.07 Å². The van der Waals surface area contributed by atoms with Crippen LogP contribution in [0.2, 0.25) is 10.0 Å². The normalized spacial score (nSPS) is 12.5. The molecular formula is C13H8BrCl2F2N. The van der Waals surface area contributed by atoms with E-state index >= 15 is 0 Å². The first-order valence-corrected chi connectivity index (χ1v) is 6.81. The Balaban J connectivity index is 2.53. The first kappa shape index (κ1) is 14.7. The van der Waals surface area contributed by atoms with Crippen LogP contribution >= 0.6 is 39.1 Å². The molecule has 6 heteroatoms. The lowest BCUT2D eigenvalue weighted by Gasteiger charge is -2.17. The molecule has 1 unspecified atom stereocenters. The number of hydrogen-bond acceptors (Lipinski definition) is 1. The molecule has 0 aliphatic carbocycles. The highest BCUT2D eigenvalue weighted by Crippen LogP contribution is 2.35. The fourth-order valence-electron chi connectivity index (χ4n) is 1.71. The number of benzene rings is 2. The van der Waals surface area contributed by atoms with E-state index in [9.17, 15) is 8.78 Å². The molecule has 0 amide bonds. The third-order valence-electron chi connectivity index (χ3n) is 2.72. The van der Waals surface area contributed by atoms with Crippen LogP contribution in [0.25, 0.3) is 0 Å². The molecule has 2 N–H and O–H groups in total. The van der Waals surface area contributed by atoms with E-state index < -0.39 is 17.7 Å². The van der Waals surface area contributed by atoms with Crippen LogP contribution in [0.3, 0.4) is 0 Å². The Kier molecular flexibility index (Phi) is 4.46. The summed E-state index contributed by atoms with van der Waals surface area (Å²) >= 11 is 15.0. The highest BCUT2D eigenvalue weighted by atomic mass is 79.9. The third-order valence-corrected chi connectivity index (χ3v) is 4.36. The molecule has 0 saturated heterocycles. The summed E-state index contributed by atoms with van der Waals surface area (Å²) < 4.78 is 26.6. The maximum absolute atomic E-state index is 13.5. The predicted octanol–water partition coefficient (Wildman–Crippen LogP) is 5.08. The smallest absolute Gasteiger partial charge is 0.173 e. The molecule has 0 aliphatic rings. The van der Waals surface area contributed by atoms with Gasteiger partial charge in [0.15, 0.2) is 11.6 Å². The zero-order valence-electron chi connectivity index (χ0n) is 9.43. The molecule has 1 atom stereocenters. The van der Waals surface area contributed by atoms with Gasteiger partial charge in [-0.2, -0.15) is 0 Å². The second kappa shape index (κ2) is 5.75. The van der Waals surface area contributed by atoms with Crippen molar-refractivity contribution in [3.63, 3.8) is 0 Å². The Hall–Kier alpha value is -0.680. The van der Waals surface area contributed by atoms with Gasteiger partial charge in [0, 0.05) is 0 Å².